The van der Waals surface area contributed by atoms with Crippen LogP contribution < -0.4 is 10.5 Å². The van der Waals surface area contributed by atoms with Crippen molar-refractivity contribution in [1.29, 1.82) is 0 Å². The summed E-state index contributed by atoms with van der Waals surface area (Å²) in [6.45, 7) is 2.98. The van der Waals surface area contributed by atoms with Gasteiger partial charge in [0.15, 0.2) is 5.16 Å². The number of methoxy groups -OCH3 is 1. The number of hydrogen-bond acceptors (Lipinski definition) is 7. The number of hydrogen-bond donors (Lipinski definition) is 0. The van der Waals surface area contributed by atoms with Gasteiger partial charge in [0.25, 0.3) is 5.56 Å². The molecule has 0 unspecified atom stereocenters. The van der Waals surface area contributed by atoms with E-state index in [-0.39, 0.29) is 23.0 Å². The van der Waals surface area contributed by atoms with E-state index in [1.165, 1.54) is 29.2 Å². The van der Waals surface area contributed by atoms with Gasteiger partial charge in [0.2, 0.25) is 5.91 Å². The van der Waals surface area contributed by atoms with Crippen molar-refractivity contribution in [3.05, 3.63) is 51.9 Å². The third-order valence-corrected chi connectivity index (χ3v) is 7.05. The Morgan fingerprint density at radius 2 is 2.00 bits per heavy atom. The highest BCUT2D eigenvalue weighted by Crippen LogP contribution is 2.23. The SMILES string of the molecule is COCCn1c(SCC(=O)N2CCN(c3ccccc3F)CC2)nc2ccsc2c1=O. The van der Waals surface area contributed by atoms with E-state index in [0.29, 0.717) is 60.4 Å². The lowest BCUT2D eigenvalue weighted by atomic mass is 10.2. The summed E-state index contributed by atoms with van der Waals surface area (Å²) in [5.41, 5.74) is 1.11. The van der Waals surface area contributed by atoms with Gasteiger partial charge in [-0.1, -0.05) is 23.9 Å². The second kappa shape index (κ2) is 9.80. The van der Waals surface area contributed by atoms with Gasteiger partial charge >= 0.3 is 0 Å². The molecular formula is C21H23FN4O3S2. The number of amides is 1. The number of para-hydroxylation sites is 1. The van der Waals surface area contributed by atoms with E-state index in [2.05, 4.69) is 4.98 Å². The van der Waals surface area contributed by atoms with Gasteiger partial charge in [-0.2, -0.15) is 0 Å². The van der Waals surface area contributed by atoms with E-state index < -0.39 is 0 Å². The maximum Gasteiger partial charge on any atom is 0.272 e. The van der Waals surface area contributed by atoms with Gasteiger partial charge in [-0.05, 0) is 23.6 Å². The van der Waals surface area contributed by atoms with E-state index in [4.69, 9.17) is 4.74 Å². The Morgan fingerprint density at radius 1 is 1.23 bits per heavy atom. The minimum atomic E-state index is -0.248. The first-order chi connectivity index (χ1) is 15.1. The predicted octanol–water partition coefficient (Wildman–Crippen LogP) is 2.68. The Labute approximate surface area is 187 Å². The number of piperazine rings is 1. The van der Waals surface area contributed by atoms with Crippen molar-refractivity contribution < 1.29 is 13.9 Å². The molecule has 4 rings (SSSR count). The van der Waals surface area contributed by atoms with Gasteiger partial charge in [-0.3, -0.25) is 14.2 Å². The molecule has 2 aromatic heterocycles. The topological polar surface area (TPSA) is 67.7 Å². The first-order valence-electron chi connectivity index (χ1n) is 9.95. The van der Waals surface area contributed by atoms with Crippen molar-refractivity contribution in [3.8, 4) is 0 Å². The van der Waals surface area contributed by atoms with Crippen LogP contribution in [-0.4, -0.2) is 66.0 Å². The molecule has 10 heteroatoms. The summed E-state index contributed by atoms with van der Waals surface area (Å²) in [6.07, 6.45) is 0. The van der Waals surface area contributed by atoms with Crippen molar-refractivity contribution in [3.63, 3.8) is 0 Å². The smallest absolute Gasteiger partial charge is 0.272 e. The molecule has 0 atom stereocenters. The molecule has 3 aromatic rings. The number of fused-ring (bicyclic) bond motifs is 1. The van der Waals surface area contributed by atoms with Crippen LogP contribution in [0.15, 0.2) is 45.7 Å². The van der Waals surface area contributed by atoms with E-state index in [1.807, 2.05) is 22.4 Å². The second-order valence-electron chi connectivity index (χ2n) is 7.09. The quantitative estimate of drug-likeness (QED) is 0.397. The van der Waals surface area contributed by atoms with Crippen molar-refractivity contribution >= 4 is 44.9 Å². The van der Waals surface area contributed by atoms with Gasteiger partial charge in [0, 0.05) is 33.3 Å². The number of thiophene rings is 1. The zero-order chi connectivity index (χ0) is 21.8. The third-order valence-electron chi connectivity index (χ3n) is 5.20. The Morgan fingerprint density at radius 3 is 2.74 bits per heavy atom. The van der Waals surface area contributed by atoms with Gasteiger partial charge in [0.05, 0.1) is 30.1 Å². The highest BCUT2D eigenvalue weighted by Gasteiger charge is 2.23. The Kier molecular flexibility index (Phi) is 6.89. The van der Waals surface area contributed by atoms with Crippen molar-refractivity contribution in [2.45, 2.75) is 11.7 Å². The molecule has 1 amide bonds. The summed E-state index contributed by atoms with van der Waals surface area (Å²) < 4.78 is 21.3. The van der Waals surface area contributed by atoms with E-state index in [1.54, 1.807) is 28.7 Å². The Bertz CT molecular complexity index is 1130. The first-order valence-corrected chi connectivity index (χ1v) is 11.8. The minimum absolute atomic E-state index is 0.0175. The fourth-order valence-electron chi connectivity index (χ4n) is 3.54. The lowest BCUT2D eigenvalue weighted by molar-refractivity contribution is -0.128. The average molecular weight is 463 g/mol. The molecule has 7 nitrogen and oxygen atoms in total. The molecule has 0 saturated carbocycles. The highest BCUT2D eigenvalue weighted by atomic mass is 32.2. The standard InChI is InChI=1S/C21H23FN4O3S2/c1-29-12-11-26-20(28)19-16(6-13-30-19)23-21(26)31-14-18(27)25-9-7-24(8-10-25)17-5-3-2-4-15(17)22/h2-6,13H,7-12,14H2,1H3. The van der Waals surface area contributed by atoms with Crippen LogP contribution in [0.5, 0.6) is 0 Å². The molecule has 31 heavy (non-hydrogen) atoms. The summed E-state index contributed by atoms with van der Waals surface area (Å²) in [7, 11) is 1.58. The van der Waals surface area contributed by atoms with E-state index >= 15 is 0 Å². The largest absolute Gasteiger partial charge is 0.383 e. The molecule has 1 aromatic carbocycles. The number of carbonyl (C=O) groups excluding carboxylic acids is 1. The molecule has 1 saturated heterocycles. The third kappa shape index (κ3) is 4.76. The molecular weight excluding hydrogens is 439 g/mol. The number of halogens is 1. The zero-order valence-electron chi connectivity index (χ0n) is 17.1. The maximum atomic E-state index is 14.0. The molecule has 1 fully saturated rings. The van der Waals surface area contributed by atoms with Crippen LogP contribution in [0.2, 0.25) is 0 Å². The van der Waals surface area contributed by atoms with Crippen molar-refractivity contribution in [1.82, 2.24) is 14.5 Å². The van der Waals surface area contributed by atoms with Crippen LogP contribution in [0.1, 0.15) is 0 Å². The Hall–Kier alpha value is -2.43. The maximum absolute atomic E-state index is 14.0. The summed E-state index contributed by atoms with van der Waals surface area (Å²) in [4.78, 5) is 33.9. The lowest BCUT2D eigenvalue weighted by Crippen LogP contribution is -2.49. The molecule has 0 bridgehead atoms. The fourth-order valence-corrected chi connectivity index (χ4v) is 5.24. The predicted molar refractivity (Wildman–Crippen MR) is 122 cm³/mol. The van der Waals surface area contributed by atoms with Crippen LogP contribution in [0, 0.1) is 5.82 Å². The van der Waals surface area contributed by atoms with E-state index in [9.17, 15) is 14.0 Å². The molecule has 1 aliphatic heterocycles. The average Bonchev–Trinajstić information content (AvgIpc) is 3.26. The summed E-state index contributed by atoms with van der Waals surface area (Å²) in [5.74, 6) is -0.0766. The monoisotopic (exact) mass is 462 g/mol. The molecule has 0 N–H and O–H groups in total. The lowest BCUT2D eigenvalue weighted by Gasteiger charge is -2.36. The van der Waals surface area contributed by atoms with Crippen LogP contribution >= 0.6 is 23.1 Å². The number of carbonyl (C=O) groups is 1. The van der Waals surface area contributed by atoms with Crippen molar-refractivity contribution in [2.75, 3.05) is 50.5 Å². The van der Waals surface area contributed by atoms with Crippen molar-refractivity contribution in [2.24, 2.45) is 0 Å². The second-order valence-corrected chi connectivity index (χ2v) is 8.95. The van der Waals surface area contributed by atoms with Gasteiger partial charge in [0.1, 0.15) is 10.5 Å². The molecule has 164 valence electrons. The van der Waals surface area contributed by atoms with Crippen LogP contribution in [0.3, 0.4) is 0 Å². The molecule has 0 spiro atoms. The molecule has 0 aliphatic carbocycles. The van der Waals surface area contributed by atoms with Crippen LogP contribution in [0.25, 0.3) is 10.2 Å². The number of aromatic nitrogens is 2. The number of ether oxygens (including phenoxy) is 1. The number of nitrogens with zero attached hydrogens (tertiary/aromatic N) is 4. The van der Waals surface area contributed by atoms with Gasteiger partial charge in [-0.25, -0.2) is 9.37 Å². The summed E-state index contributed by atoms with van der Waals surface area (Å²) in [5, 5.41) is 2.36. The number of thioether (sulfide) groups is 1. The molecule has 3 heterocycles. The van der Waals surface area contributed by atoms with Crippen LogP contribution in [0.4, 0.5) is 10.1 Å². The Balaban J connectivity index is 1.40. The number of benzene rings is 1. The molecule has 1 aliphatic rings. The summed E-state index contributed by atoms with van der Waals surface area (Å²) >= 11 is 2.63. The van der Waals surface area contributed by atoms with E-state index in [0.717, 1.165) is 0 Å². The first kappa shape index (κ1) is 21.8. The number of rotatable bonds is 7. The van der Waals surface area contributed by atoms with Crippen LogP contribution in [-0.2, 0) is 16.1 Å². The summed E-state index contributed by atoms with van der Waals surface area (Å²) in [6, 6.07) is 8.50. The minimum Gasteiger partial charge on any atom is -0.383 e. The molecule has 0 radical (unpaired) electrons. The zero-order valence-corrected chi connectivity index (χ0v) is 18.8. The van der Waals surface area contributed by atoms with Gasteiger partial charge in [-0.15, -0.1) is 11.3 Å². The fraction of sp³-hybridized carbons (Fsp3) is 0.381. The van der Waals surface area contributed by atoms with Gasteiger partial charge < -0.3 is 14.5 Å². The normalized spacial score (nSPS) is 14.4. The number of anilines is 1. The highest BCUT2D eigenvalue weighted by molar-refractivity contribution is 7.99.